The Balaban J connectivity index is 2.10. The highest BCUT2D eigenvalue weighted by molar-refractivity contribution is 6.29. The summed E-state index contributed by atoms with van der Waals surface area (Å²) in [6.07, 6.45) is 3.06. The quantitative estimate of drug-likeness (QED) is 0.541. The van der Waals surface area contributed by atoms with Crippen LogP contribution in [0.4, 0.5) is 0 Å². The van der Waals surface area contributed by atoms with Gasteiger partial charge in [-0.15, -0.1) is 0 Å². The molecule has 0 unspecified atom stereocenters. The maximum Gasteiger partial charge on any atom is 0.209 e. The standard InChI is InChI=1S/C15H10ClN7O/c1-7-4-8(5-11(16)19-7)12-13(9-6-18-23-22-9)21-15-14(20-12)10(24)2-3-17-15/h2-6H,1H3,(H,17,21,24)(H,18,22,23). The molecule has 2 N–H and O–H groups in total. The first-order valence-electron chi connectivity index (χ1n) is 7.02. The topological polar surface area (TPSA) is 113 Å². The Hall–Kier alpha value is -3.13. The average molecular weight is 340 g/mol. The molecular formula is C15H10ClN7O. The summed E-state index contributed by atoms with van der Waals surface area (Å²) in [5, 5.41) is 10.8. The Kier molecular flexibility index (Phi) is 3.31. The van der Waals surface area contributed by atoms with Crippen molar-refractivity contribution in [2.45, 2.75) is 6.92 Å². The van der Waals surface area contributed by atoms with Crippen LogP contribution in [-0.2, 0) is 0 Å². The lowest BCUT2D eigenvalue weighted by atomic mass is 10.1. The van der Waals surface area contributed by atoms with Gasteiger partial charge < -0.3 is 4.98 Å². The second kappa shape index (κ2) is 5.50. The van der Waals surface area contributed by atoms with Gasteiger partial charge in [-0.05, 0) is 19.1 Å². The minimum absolute atomic E-state index is 0.221. The number of hydrogen-bond acceptors (Lipinski definition) is 6. The van der Waals surface area contributed by atoms with Crippen LogP contribution in [-0.4, -0.2) is 35.3 Å². The first kappa shape index (κ1) is 14.5. The van der Waals surface area contributed by atoms with Crippen molar-refractivity contribution in [2.75, 3.05) is 0 Å². The molecule has 0 aliphatic heterocycles. The molecular weight excluding hydrogens is 330 g/mol. The summed E-state index contributed by atoms with van der Waals surface area (Å²) in [6, 6.07) is 4.90. The summed E-state index contributed by atoms with van der Waals surface area (Å²) in [5.41, 5.74) is 3.30. The molecule has 0 aliphatic carbocycles. The molecule has 0 aromatic carbocycles. The lowest BCUT2D eigenvalue weighted by Gasteiger charge is -2.08. The predicted molar refractivity (Wildman–Crippen MR) is 88.5 cm³/mol. The van der Waals surface area contributed by atoms with Gasteiger partial charge in [-0.2, -0.15) is 15.4 Å². The van der Waals surface area contributed by atoms with Gasteiger partial charge in [-0.3, -0.25) is 4.79 Å². The van der Waals surface area contributed by atoms with Gasteiger partial charge in [-0.1, -0.05) is 11.6 Å². The third-order valence-electron chi connectivity index (χ3n) is 3.44. The van der Waals surface area contributed by atoms with E-state index in [4.69, 9.17) is 11.6 Å². The van der Waals surface area contributed by atoms with E-state index in [1.54, 1.807) is 6.07 Å². The molecule has 0 atom stereocenters. The van der Waals surface area contributed by atoms with E-state index in [0.717, 1.165) is 5.69 Å². The van der Waals surface area contributed by atoms with Crippen molar-refractivity contribution in [3.8, 4) is 22.6 Å². The molecule has 0 spiro atoms. The molecule has 9 heteroatoms. The average Bonchev–Trinajstić information content (AvgIpc) is 3.07. The smallest absolute Gasteiger partial charge is 0.209 e. The molecule has 4 aromatic heterocycles. The largest absolute Gasteiger partial charge is 0.345 e. The van der Waals surface area contributed by atoms with Gasteiger partial charge in [-0.25, -0.2) is 15.0 Å². The molecule has 0 amide bonds. The highest BCUT2D eigenvalue weighted by Crippen LogP contribution is 2.29. The number of aromatic amines is 2. The van der Waals surface area contributed by atoms with Crippen molar-refractivity contribution < 1.29 is 0 Å². The van der Waals surface area contributed by atoms with Crippen LogP contribution in [0.5, 0.6) is 0 Å². The van der Waals surface area contributed by atoms with Crippen molar-refractivity contribution in [2.24, 2.45) is 0 Å². The number of aryl methyl sites for hydroxylation is 1. The lowest BCUT2D eigenvalue weighted by molar-refractivity contribution is 0.940. The molecule has 24 heavy (non-hydrogen) atoms. The number of fused-ring (bicyclic) bond motifs is 1. The van der Waals surface area contributed by atoms with Gasteiger partial charge in [0.05, 0.1) is 11.9 Å². The number of pyridine rings is 2. The van der Waals surface area contributed by atoms with Gasteiger partial charge in [0, 0.05) is 23.5 Å². The Labute approximate surface area is 140 Å². The van der Waals surface area contributed by atoms with Crippen LogP contribution in [0.15, 0.2) is 35.4 Å². The van der Waals surface area contributed by atoms with E-state index in [2.05, 4.69) is 35.3 Å². The van der Waals surface area contributed by atoms with Crippen LogP contribution in [0.25, 0.3) is 33.8 Å². The van der Waals surface area contributed by atoms with Gasteiger partial charge in [0.15, 0.2) is 11.2 Å². The normalized spacial score (nSPS) is 11.1. The van der Waals surface area contributed by atoms with Crippen LogP contribution >= 0.6 is 11.6 Å². The molecule has 4 heterocycles. The minimum atomic E-state index is -0.221. The number of halogens is 1. The Morgan fingerprint density at radius 3 is 2.75 bits per heavy atom. The van der Waals surface area contributed by atoms with Crippen LogP contribution in [0.3, 0.4) is 0 Å². The Bertz CT molecular complexity index is 1080. The summed E-state index contributed by atoms with van der Waals surface area (Å²) >= 11 is 6.07. The Morgan fingerprint density at radius 2 is 2.00 bits per heavy atom. The summed E-state index contributed by atoms with van der Waals surface area (Å²) in [5.74, 6) is 0. The van der Waals surface area contributed by atoms with E-state index >= 15 is 0 Å². The van der Waals surface area contributed by atoms with Gasteiger partial charge in [0.2, 0.25) is 5.43 Å². The van der Waals surface area contributed by atoms with E-state index in [9.17, 15) is 4.79 Å². The Morgan fingerprint density at radius 1 is 1.12 bits per heavy atom. The molecule has 0 saturated carbocycles. The monoisotopic (exact) mass is 339 g/mol. The van der Waals surface area contributed by atoms with Gasteiger partial charge >= 0.3 is 0 Å². The fraction of sp³-hybridized carbons (Fsp3) is 0.0667. The first-order chi connectivity index (χ1) is 11.6. The van der Waals surface area contributed by atoms with Crippen molar-refractivity contribution in [1.29, 1.82) is 0 Å². The maximum absolute atomic E-state index is 12.1. The highest BCUT2D eigenvalue weighted by Gasteiger charge is 2.17. The molecule has 0 aliphatic rings. The zero-order chi connectivity index (χ0) is 16.7. The summed E-state index contributed by atoms with van der Waals surface area (Å²) < 4.78 is 0. The first-order valence-corrected chi connectivity index (χ1v) is 7.40. The van der Waals surface area contributed by atoms with Crippen molar-refractivity contribution in [3.05, 3.63) is 51.7 Å². The lowest BCUT2D eigenvalue weighted by Crippen LogP contribution is -2.07. The second-order valence-corrected chi connectivity index (χ2v) is 5.52. The molecule has 0 saturated heterocycles. The van der Waals surface area contributed by atoms with Crippen LogP contribution in [0, 0.1) is 6.92 Å². The van der Waals surface area contributed by atoms with Crippen LogP contribution in [0.2, 0.25) is 5.15 Å². The SMILES string of the molecule is Cc1cc(-c2nc3c(=O)cc[nH]c3nc2-c2cn[nH]n2)cc(Cl)n1. The molecule has 0 bridgehead atoms. The second-order valence-electron chi connectivity index (χ2n) is 5.14. The molecule has 4 rings (SSSR count). The van der Waals surface area contributed by atoms with E-state index in [-0.39, 0.29) is 10.9 Å². The fourth-order valence-electron chi connectivity index (χ4n) is 2.44. The summed E-state index contributed by atoms with van der Waals surface area (Å²) in [6.45, 7) is 1.83. The van der Waals surface area contributed by atoms with E-state index in [1.807, 2.05) is 13.0 Å². The highest BCUT2D eigenvalue weighted by atomic mass is 35.5. The van der Waals surface area contributed by atoms with Crippen molar-refractivity contribution in [3.63, 3.8) is 0 Å². The third kappa shape index (κ3) is 2.42. The molecule has 4 aromatic rings. The summed E-state index contributed by atoms with van der Waals surface area (Å²) in [7, 11) is 0. The number of rotatable bonds is 2. The van der Waals surface area contributed by atoms with Crippen LogP contribution < -0.4 is 5.43 Å². The molecule has 8 nitrogen and oxygen atoms in total. The number of aromatic nitrogens is 7. The minimum Gasteiger partial charge on any atom is -0.345 e. The number of nitrogens with one attached hydrogen (secondary N) is 2. The predicted octanol–water partition coefficient (Wildman–Crippen LogP) is 2.13. The number of nitrogens with zero attached hydrogens (tertiary/aromatic N) is 5. The number of hydrogen-bond donors (Lipinski definition) is 2. The van der Waals surface area contributed by atoms with Gasteiger partial charge in [0.1, 0.15) is 16.5 Å². The molecule has 0 radical (unpaired) electrons. The van der Waals surface area contributed by atoms with Crippen molar-refractivity contribution >= 4 is 22.8 Å². The number of H-pyrrole nitrogens is 2. The molecule has 118 valence electrons. The third-order valence-corrected chi connectivity index (χ3v) is 3.63. The van der Waals surface area contributed by atoms with Crippen LogP contribution in [0.1, 0.15) is 5.69 Å². The van der Waals surface area contributed by atoms with E-state index in [1.165, 1.54) is 18.5 Å². The zero-order valence-corrected chi connectivity index (χ0v) is 13.2. The van der Waals surface area contributed by atoms with E-state index in [0.29, 0.717) is 33.4 Å². The fourth-order valence-corrected chi connectivity index (χ4v) is 2.69. The maximum atomic E-state index is 12.1. The zero-order valence-electron chi connectivity index (χ0n) is 12.4. The van der Waals surface area contributed by atoms with Crippen molar-refractivity contribution in [1.82, 2.24) is 35.3 Å². The molecule has 0 fully saturated rings. The van der Waals surface area contributed by atoms with E-state index < -0.39 is 0 Å². The van der Waals surface area contributed by atoms with Gasteiger partial charge in [0.25, 0.3) is 0 Å². The summed E-state index contributed by atoms with van der Waals surface area (Å²) in [4.78, 5) is 28.2.